The normalized spacial score (nSPS) is 22.1. The van der Waals surface area contributed by atoms with Gasteiger partial charge in [-0.15, -0.1) is 0 Å². The lowest BCUT2D eigenvalue weighted by molar-refractivity contribution is -0.0553. The van der Waals surface area contributed by atoms with E-state index in [0.717, 1.165) is 19.4 Å². The predicted octanol–water partition coefficient (Wildman–Crippen LogP) is 3.43. The first-order valence-electron chi connectivity index (χ1n) is 7.06. The lowest BCUT2D eigenvalue weighted by Gasteiger charge is -2.36. The van der Waals surface area contributed by atoms with Gasteiger partial charge in [0, 0.05) is 38.1 Å². The summed E-state index contributed by atoms with van der Waals surface area (Å²) in [7, 11) is 4.14. The fourth-order valence-electron chi connectivity index (χ4n) is 2.66. The maximum Gasteiger partial charge on any atom is 0.0646 e. The first-order valence-corrected chi connectivity index (χ1v) is 7.06. The van der Waals surface area contributed by atoms with Gasteiger partial charge in [-0.3, -0.25) is 0 Å². The van der Waals surface area contributed by atoms with Gasteiger partial charge in [-0.05, 0) is 57.4 Å². The zero-order chi connectivity index (χ0) is 14.0. The lowest BCUT2D eigenvalue weighted by atomic mass is 9.93. The minimum atomic E-state index is -0.00655. The fraction of sp³-hybridized carbons (Fsp3) is 0.625. The maximum absolute atomic E-state index is 5.77. The number of hydrogen-bond donors (Lipinski definition) is 1. The van der Waals surface area contributed by atoms with Crippen molar-refractivity contribution >= 4 is 11.4 Å². The molecule has 1 atom stereocenters. The number of nitrogens with zero attached hydrogens (tertiary/aromatic N) is 1. The van der Waals surface area contributed by atoms with Crippen molar-refractivity contribution in [3.63, 3.8) is 0 Å². The van der Waals surface area contributed by atoms with E-state index < -0.39 is 0 Å². The zero-order valence-corrected chi connectivity index (χ0v) is 12.8. The first-order chi connectivity index (χ1) is 8.87. The Hall–Kier alpha value is -1.22. The van der Waals surface area contributed by atoms with E-state index in [4.69, 9.17) is 4.74 Å². The van der Waals surface area contributed by atoms with Crippen LogP contribution in [0.1, 0.15) is 32.3 Å². The van der Waals surface area contributed by atoms with Gasteiger partial charge in [0.1, 0.15) is 0 Å². The molecule has 19 heavy (non-hydrogen) atoms. The summed E-state index contributed by atoms with van der Waals surface area (Å²) in [6.07, 6.45) is 2.14. The third kappa shape index (κ3) is 3.63. The summed E-state index contributed by atoms with van der Waals surface area (Å²) in [6.45, 7) is 7.35. The summed E-state index contributed by atoms with van der Waals surface area (Å²) in [6, 6.07) is 7.09. The Morgan fingerprint density at radius 2 is 2.05 bits per heavy atom. The topological polar surface area (TPSA) is 24.5 Å². The molecule has 0 aliphatic carbocycles. The number of ether oxygens (including phenoxy) is 1. The molecule has 1 aliphatic heterocycles. The maximum atomic E-state index is 5.77. The van der Waals surface area contributed by atoms with Gasteiger partial charge >= 0.3 is 0 Å². The lowest BCUT2D eigenvalue weighted by Crippen LogP contribution is -2.40. The van der Waals surface area contributed by atoms with E-state index in [1.165, 1.54) is 16.9 Å². The van der Waals surface area contributed by atoms with Crippen LogP contribution in [0.2, 0.25) is 0 Å². The molecule has 106 valence electrons. The summed E-state index contributed by atoms with van der Waals surface area (Å²) in [5, 5.41) is 3.67. The molecule has 0 amide bonds. The van der Waals surface area contributed by atoms with Crippen LogP contribution >= 0.6 is 0 Å². The summed E-state index contributed by atoms with van der Waals surface area (Å²) in [5.41, 5.74) is 3.78. The number of nitrogens with one attached hydrogen (secondary N) is 1. The number of anilines is 2. The second kappa shape index (κ2) is 5.41. The van der Waals surface area contributed by atoms with Gasteiger partial charge in [0.25, 0.3) is 0 Å². The van der Waals surface area contributed by atoms with Crippen LogP contribution in [0.4, 0.5) is 11.4 Å². The Labute approximate surface area is 116 Å². The monoisotopic (exact) mass is 262 g/mol. The Bertz CT molecular complexity index is 440. The van der Waals surface area contributed by atoms with Crippen LogP contribution in [0.5, 0.6) is 0 Å². The molecule has 1 aromatic carbocycles. The van der Waals surface area contributed by atoms with Crippen molar-refractivity contribution < 1.29 is 4.74 Å². The molecular formula is C16H26N2O. The summed E-state index contributed by atoms with van der Waals surface area (Å²) < 4.78 is 5.77. The van der Waals surface area contributed by atoms with Crippen molar-refractivity contribution in [2.24, 2.45) is 0 Å². The van der Waals surface area contributed by atoms with Crippen LogP contribution in [-0.4, -0.2) is 32.3 Å². The highest BCUT2D eigenvalue weighted by molar-refractivity contribution is 5.60. The van der Waals surface area contributed by atoms with Gasteiger partial charge in [0.05, 0.1) is 5.60 Å². The minimum Gasteiger partial charge on any atom is -0.382 e. The molecular weight excluding hydrogens is 236 g/mol. The predicted molar refractivity (Wildman–Crippen MR) is 82.2 cm³/mol. The standard InChI is InChI=1S/C16H26N2O/c1-12-10-14(18(4)5)6-7-15(12)17-13-8-9-19-16(2,3)11-13/h6-7,10,13,17H,8-9,11H2,1-5H3. The average molecular weight is 262 g/mol. The Kier molecular flexibility index (Phi) is 4.04. The molecule has 1 heterocycles. The Morgan fingerprint density at radius 3 is 2.63 bits per heavy atom. The molecule has 0 saturated carbocycles. The van der Waals surface area contributed by atoms with E-state index in [1.54, 1.807) is 0 Å². The van der Waals surface area contributed by atoms with Gasteiger partial charge in [-0.2, -0.15) is 0 Å². The van der Waals surface area contributed by atoms with Crippen LogP contribution in [0, 0.1) is 6.92 Å². The second-order valence-electron chi connectivity index (χ2n) is 6.34. The molecule has 1 aromatic rings. The average Bonchev–Trinajstić information content (AvgIpc) is 2.30. The molecule has 3 heteroatoms. The molecule has 2 rings (SSSR count). The van der Waals surface area contributed by atoms with Crippen molar-refractivity contribution in [2.75, 3.05) is 30.9 Å². The Morgan fingerprint density at radius 1 is 1.32 bits per heavy atom. The highest BCUT2D eigenvalue weighted by atomic mass is 16.5. The van der Waals surface area contributed by atoms with E-state index in [1.807, 2.05) is 0 Å². The van der Waals surface area contributed by atoms with E-state index in [-0.39, 0.29) is 5.60 Å². The van der Waals surface area contributed by atoms with Gasteiger partial charge in [-0.1, -0.05) is 0 Å². The van der Waals surface area contributed by atoms with E-state index in [2.05, 4.69) is 63.3 Å². The minimum absolute atomic E-state index is 0.00655. The summed E-state index contributed by atoms with van der Waals surface area (Å²) in [5.74, 6) is 0. The molecule has 0 aromatic heterocycles. The fourth-order valence-corrected chi connectivity index (χ4v) is 2.66. The van der Waals surface area contributed by atoms with Crippen molar-refractivity contribution in [3.05, 3.63) is 23.8 Å². The Balaban J connectivity index is 2.07. The van der Waals surface area contributed by atoms with Crippen LogP contribution in [-0.2, 0) is 4.74 Å². The van der Waals surface area contributed by atoms with Gasteiger partial charge < -0.3 is 15.0 Å². The SMILES string of the molecule is Cc1cc(N(C)C)ccc1NC1CCOC(C)(C)C1. The number of aryl methyl sites for hydroxylation is 1. The molecule has 1 saturated heterocycles. The van der Waals surface area contributed by atoms with Crippen molar-refractivity contribution in [2.45, 2.75) is 45.3 Å². The molecule has 0 radical (unpaired) electrons. The molecule has 1 N–H and O–H groups in total. The molecule has 0 spiro atoms. The molecule has 1 aliphatic rings. The van der Waals surface area contributed by atoms with Crippen LogP contribution < -0.4 is 10.2 Å². The van der Waals surface area contributed by atoms with E-state index >= 15 is 0 Å². The van der Waals surface area contributed by atoms with Crippen LogP contribution in [0.15, 0.2) is 18.2 Å². The number of benzene rings is 1. The van der Waals surface area contributed by atoms with Crippen molar-refractivity contribution in [1.29, 1.82) is 0 Å². The van der Waals surface area contributed by atoms with E-state index in [0.29, 0.717) is 6.04 Å². The van der Waals surface area contributed by atoms with Gasteiger partial charge in [-0.25, -0.2) is 0 Å². The van der Waals surface area contributed by atoms with Gasteiger partial charge in [0.15, 0.2) is 0 Å². The molecule has 0 bridgehead atoms. The third-order valence-corrected chi connectivity index (χ3v) is 3.78. The molecule has 3 nitrogen and oxygen atoms in total. The highest BCUT2D eigenvalue weighted by Gasteiger charge is 2.28. The van der Waals surface area contributed by atoms with Crippen LogP contribution in [0.3, 0.4) is 0 Å². The zero-order valence-electron chi connectivity index (χ0n) is 12.8. The van der Waals surface area contributed by atoms with E-state index in [9.17, 15) is 0 Å². The number of rotatable bonds is 3. The van der Waals surface area contributed by atoms with Crippen molar-refractivity contribution in [1.82, 2.24) is 0 Å². The highest BCUT2D eigenvalue weighted by Crippen LogP contribution is 2.28. The summed E-state index contributed by atoms with van der Waals surface area (Å²) >= 11 is 0. The quantitative estimate of drug-likeness (QED) is 0.903. The van der Waals surface area contributed by atoms with Gasteiger partial charge in [0.2, 0.25) is 0 Å². The molecule has 1 fully saturated rings. The summed E-state index contributed by atoms with van der Waals surface area (Å²) in [4.78, 5) is 2.13. The largest absolute Gasteiger partial charge is 0.382 e. The van der Waals surface area contributed by atoms with Crippen molar-refractivity contribution in [3.8, 4) is 0 Å². The second-order valence-corrected chi connectivity index (χ2v) is 6.34. The smallest absolute Gasteiger partial charge is 0.0646 e. The van der Waals surface area contributed by atoms with Crippen LogP contribution in [0.25, 0.3) is 0 Å². The number of hydrogen-bond acceptors (Lipinski definition) is 3. The third-order valence-electron chi connectivity index (χ3n) is 3.78. The first kappa shape index (κ1) is 14.2. The molecule has 1 unspecified atom stereocenters.